The van der Waals surface area contributed by atoms with Crippen LogP contribution in [0.1, 0.15) is 20.9 Å². The highest BCUT2D eigenvalue weighted by atomic mass is 32.2. The maximum Gasteiger partial charge on any atom is 0.257 e. The van der Waals surface area contributed by atoms with Crippen LogP contribution in [0.4, 0.5) is 5.13 Å². The Balaban J connectivity index is 1.63. The van der Waals surface area contributed by atoms with Crippen molar-refractivity contribution in [2.45, 2.75) is 18.2 Å². The summed E-state index contributed by atoms with van der Waals surface area (Å²) in [5.74, 6) is 0.478. The highest BCUT2D eigenvalue weighted by Gasteiger charge is 2.17. The van der Waals surface area contributed by atoms with Gasteiger partial charge < -0.3 is 9.47 Å². The Morgan fingerprint density at radius 2 is 1.73 bits per heavy atom. The molecule has 1 amide bonds. The molecule has 158 valence electrons. The predicted octanol–water partition coefficient (Wildman–Crippen LogP) is 3.13. The lowest BCUT2D eigenvalue weighted by atomic mass is 10.2. The van der Waals surface area contributed by atoms with E-state index in [1.54, 1.807) is 42.5 Å². The Hall–Kier alpha value is -2.98. The second-order valence-electron chi connectivity index (χ2n) is 6.41. The number of methoxy groups -OCH3 is 2. The van der Waals surface area contributed by atoms with Crippen molar-refractivity contribution < 1.29 is 22.7 Å². The maximum absolute atomic E-state index is 12.5. The lowest BCUT2D eigenvalue weighted by molar-refractivity contribution is 0.102. The number of carbonyl (C=O) groups is 1. The molecular formula is C20H21N3O5S2. The first-order chi connectivity index (χ1) is 14.3. The fraction of sp³-hybridized carbons (Fsp3) is 0.250. The van der Waals surface area contributed by atoms with Crippen LogP contribution in [-0.2, 0) is 16.3 Å². The van der Waals surface area contributed by atoms with Gasteiger partial charge in [-0.3, -0.25) is 10.1 Å². The number of nitrogens with one attached hydrogen (secondary N) is 1. The second-order valence-corrected chi connectivity index (χ2v) is 9.58. The summed E-state index contributed by atoms with van der Waals surface area (Å²) in [7, 11) is -0.420. The Morgan fingerprint density at radius 1 is 1.03 bits per heavy atom. The lowest BCUT2D eigenvalue weighted by Gasteiger charge is -2.08. The third-order valence-electron chi connectivity index (χ3n) is 4.30. The van der Waals surface area contributed by atoms with Crippen LogP contribution in [0.25, 0.3) is 0 Å². The van der Waals surface area contributed by atoms with Gasteiger partial charge in [0.25, 0.3) is 5.91 Å². The summed E-state index contributed by atoms with van der Waals surface area (Å²) in [6.45, 7) is 1.90. The Labute approximate surface area is 178 Å². The molecule has 30 heavy (non-hydrogen) atoms. The summed E-state index contributed by atoms with van der Waals surface area (Å²) < 4.78 is 35.3. The van der Waals surface area contributed by atoms with Crippen LogP contribution >= 0.6 is 11.3 Å². The number of hydrogen-bond acceptors (Lipinski definition) is 8. The van der Waals surface area contributed by atoms with Crippen LogP contribution in [0.2, 0.25) is 0 Å². The Kier molecular flexibility index (Phi) is 6.68. The van der Waals surface area contributed by atoms with Gasteiger partial charge in [-0.1, -0.05) is 29.0 Å². The number of anilines is 1. The van der Waals surface area contributed by atoms with Crippen molar-refractivity contribution in [2.24, 2.45) is 0 Å². The number of aromatic nitrogens is 2. The van der Waals surface area contributed by atoms with Crippen LogP contribution in [0, 0.1) is 6.92 Å². The summed E-state index contributed by atoms with van der Waals surface area (Å²) in [6, 6.07) is 11.5. The van der Waals surface area contributed by atoms with Crippen molar-refractivity contribution in [2.75, 3.05) is 25.3 Å². The zero-order chi connectivity index (χ0) is 21.7. The summed E-state index contributed by atoms with van der Waals surface area (Å²) in [5.41, 5.74) is 1.36. The Bertz CT molecular complexity index is 1140. The van der Waals surface area contributed by atoms with Crippen molar-refractivity contribution in [3.05, 3.63) is 58.6 Å². The van der Waals surface area contributed by atoms with Crippen molar-refractivity contribution >= 4 is 32.2 Å². The highest BCUT2D eigenvalue weighted by molar-refractivity contribution is 7.91. The number of sulfone groups is 1. The van der Waals surface area contributed by atoms with Gasteiger partial charge in [0.05, 0.1) is 24.9 Å². The zero-order valence-electron chi connectivity index (χ0n) is 16.7. The molecular weight excluding hydrogens is 426 g/mol. The van der Waals surface area contributed by atoms with Gasteiger partial charge in [0.2, 0.25) is 5.13 Å². The van der Waals surface area contributed by atoms with Gasteiger partial charge in [0.1, 0.15) is 5.01 Å². The van der Waals surface area contributed by atoms with Crippen molar-refractivity contribution in [1.82, 2.24) is 10.2 Å². The molecule has 3 rings (SSSR count). The molecule has 10 heteroatoms. The average Bonchev–Trinajstić information content (AvgIpc) is 3.19. The zero-order valence-corrected chi connectivity index (χ0v) is 18.3. The molecule has 0 spiro atoms. The standard InChI is InChI=1S/C20H21N3O5S2/c1-13-4-7-15(8-5-13)30(25,26)11-10-18-22-23-20(29-18)21-19(24)14-6-9-16(27-2)17(12-14)28-3/h4-9,12H,10-11H2,1-3H3,(H,21,23,24). The molecule has 1 aromatic heterocycles. The number of hydrogen-bond donors (Lipinski definition) is 1. The third-order valence-corrected chi connectivity index (χ3v) is 6.93. The number of aryl methyl sites for hydroxylation is 2. The van der Waals surface area contributed by atoms with Crippen LogP contribution in [0.5, 0.6) is 11.5 Å². The molecule has 0 aliphatic heterocycles. The number of carbonyl (C=O) groups excluding carboxylic acids is 1. The predicted molar refractivity (Wildman–Crippen MR) is 114 cm³/mol. The Morgan fingerprint density at radius 3 is 2.40 bits per heavy atom. The smallest absolute Gasteiger partial charge is 0.257 e. The second kappa shape index (κ2) is 9.23. The van der Waals surface area contributed by atoms with E-state index in [4.69, 9.17) is 9.47 Å². The average molecular weight is 448 g/mol. The molecule has 0 saturated carbocycles. The van der Waals surface area contributed by atoms with E-state index in [2.05, 4.69) is 15.5 Å². The van der Waals surface area contributed by atoms with Gasteiger partial charge in [-0.05, 0) is 37.3 Å². The normalized spacial score (nSPS) is 11.2. The van der Waals surface area contributed by atoms with Crippen molar-refractivity contribution in [3.63, 3.8) is 0 Å². The molecule has 1 heterocycles. The minimum Gasteiger partial charge on any atom is -0.493 e. The largest absolute Gasteiger partial charge is 0.493 e. The fourth-order valence-corrected chi connectivity index (χ4v) is 4.75. The monoisotopic (exact) mass is 447 g/mol. The molecule has 0 bridgehead atoms. The molecule has 0 radical (unpaired) electrons. The van der Waals surface area contributed by atoms with Gasteiger partial charge in [0.15, 0.2) is 21.3 Å². The summed E-state index contributed by atoms with van der Waals surface area (Å²) in [6.07, 6.45) is 0.208. The number of amides is 1. The molecule has 0 saturated heterocycles. The summed E-state index contributed by atoms with van der Waals surface area (Å²) >= 11 is 1.14. The summed E-state index contributed by atoms with van der Waals surface area (Å²) in [5, 5.41) is 11.4. The van der Waals surface area contributed by atoms with Crippen LogP contribution < -0.4 is 14.8 Å². The number of benzene rings is 2. The van der Waals surface area contributed by atoms with Gasteiger partial charge in [0, 0.05) is 12.0 Å². The number of rotatable bonds is 8. The van der Waals surface area contributed by atoms with Crippen LogP contribution in [0.3, 0.4) is 0 Å². The number of nitrogens with zero attached hydrogens (tertiary/aromatic N) is 2. The van der Waals surface area contributed by atoms with E-state index in [1.807, 2.05) is 6.92 Å². The minimum atomic E-state index is -3.42. The van der Waals surface area contributed by atoms with E-state index in [0.717, 1.165) is 16.9 Å². The first-order valence-electron chi connectivity index (χ1n) is 8.97. The lowest BCUT2D eigenvalue weighted by Crippen LogP contribution is -2.12. The fourth-order valence-electron chi connectivity index (χ4n) is 2.64. The highest BCUT2D eigenvalue weighted by Crippen LogP contribution is 2.28. The van der Waals surface area contributed by atoms with Crippen molar-refractivity contribution in [3.8, 4) is 11.5 Å². The first-order valence-corrected chi connectivity index (χ1v) is 11.4. The molecule has 0 fully saturated rings. The molecule has 3 aromatic rings. The van der Waals surface area contributed by atoms with Gasteiger partial charge >= 0.3 is 0 Å². The maximum atomic E-state index is 12.5. The van der Waals surface area contributed by atoms with Crippen LogP contribution in [-0.4, -0.2) is 44.5 Å². The minimum absolute atomic E-state index is 0.0890. The van der Waals surface area contributed by atoms with Crippen molar-refractivity contribution in [1.29, 1.82) is 0 Å². The topological polar surface area (TPSA) is 107 Å². The van der Waals surface area contributed by atoms with Gasteiger partial charge in [-0.25, -0.2) is 8.42 Å². The molecule has 0 atom stereocenters. The third kappa shape index (κ3) is 5.14. The van der Waals surface area contributed by atoms with E-state index in [-0.39, 0.29) is 28.1 Å². The molecule has 0 aliphatic carbocycles. The molecule has 2 aromatic carbocycles. The quantitative estimate of drug-likeness (QED) is 0.565. The van der Waals surface area contributed by atoms with E-state index in [1.165, 1.54) is 14.2 Å². The van der Waals surface area contributed by atoms with E-state index < -0.39 is 9.84 Å². The molecule has 0 unspecified atom stereocenters. The van der Waals surface area contributed by atoms with E-state index in [0.29, 0.717) is 22.1 Å². The SMILES string of the molecule is COc1ccc(C(=O)Nc2nnc(CCS(=O)(=O)c3ccc(C)cc3)s2)cc1OC. The molecule has 0 aliphatic rings. The van der Waals surface area contributed by atoms with Gasteiger partial charge in [-0.15, -0.1) is 10.2 Å². The van der Waals surface area contributed by atoms with Crippen LogP contribution in [0.15, 0.2) is 47.4 Å². The summed E-state index contributed by atoms with van der Waals surface area (Å²) in [4.78, 5) is 12.7. The molecule has 8 nitrogen and oxygen atoms in total. The van der Waals surface area contributed by atoms with E-state index in [9.17, 15) is 13.2 Å². The molecule has 1 N–H and O–H groups in total. The van der Waals surface area contributed by atoms with E-state index >= 15 is 0 Å². The number of ether oxygens (including phenoxy) is 2. The first kappa shape index (κ1) is 21.7. The van der Waals surface area contributed by atoms with Gasteiger partial charge in [-0.2, -0.15) is 0 Å².